The Hall–Kier alpha value is -1.38. The molecule has 1 aromatic carbocycles. The van der Waals surface area contributed by atoms with Gasteiger partial charge >= 0.3 is 0 Å². The second-order valence-corrected chi connectivity index (χ2v) is 4.68. The van der Waals surface area contributed by atoms with E-state index < -0.39 is 0 Å². The van der Waals surface area contributed by atoms with Crippen LogP contribution >= 0.6 is 0 Å². The highest BCUT2D eigenvalue weighted by Crippen LogP contribution is 2.15. The van der Waals surface area contributed by atoms with Crippen molar-refractivity contribution >= 4 is 5.84 Å². The largest absolute Gasteiger partial charge is 0.370 e. The molecule has 0 aromatic heterocycles. The number of amidine groups is 1. The van der Waals surface area contributed by atoms with Crippen molar-refractivity contribution in [3.05, 3.63) is 34.6 Å². The molecule has 0 radical (unpaired) electrons. The lowest BCUT2D eigenvalue weighted by atomic mass is 10.1. The number of hydrogen-bond donors (Lipinski definition) is 1. The molecule has 0 atom stereocenters. The van der Waals surface area contributed by atoms with Crippen molar-refractivity contribution in [3.63, 3.8) is 0 Å². The summed E-state index contributed by atoms with van der Waals surface area (Å²) in [5.74, 6) is 1.000. The maximum absolute atomic E-state index is 13.5. The van der Waals surface area contributed by atoms with Gasteiger partial charge in [0.2, 0.25) is 0 Å². The zero-order chi connectivity index (χ0) is 12.3. The Bertz CT molecular complexity index is 415. The van der Waals surface area contributed by atoms with Gasteiger partial charge in [-0.05, 0) is 43.4 Å². The van der Waals surface area contributed by atoms with E-state index in [1.165, 1.54) is 12.8 Å². The van der Waals surface area contributed by atoms with Crippen LogP contribution in [0.25, 0.3) is 0 Å². The summed E-state index contributed by atoms with van der Waals surface area (Å²) in [6.07, 6.45) is 3.45. The molecule has 17 heavy (non-hydrogen) atoms. The molecule has 0 aliphatic carbocycles. The van der Waals surface area contributed by atoms with Crippen molar-refractivity contribution in [1.82, 2.24) is 5.32 Å². The highest BCUT2D eigenvalue weighted by atomic mass is 19.1. The maximum Gasteiger partial charge on any atom is 0.129 e. The first-order valence-electron chi connectivity index (χ1n) is 6.19. The van der Waals surface area contributed by atoms with E-state index in [0.717, 1.165) is 30.9 Å². The minimum atomic E-state index is -0.0937. The molecule has 1 heterocycles. The number of aliphatic imine (C=N–C) groups is 1. The molecule has 1 aliphatic heterocycles. The van der Waals surface area contributed by atoms with Gasteiger partial charge in [0.1, 0.15) is 5.82 Å². The van der Waals surface area contributed by atoms with E-state index in [9.17, 15) is 4.39 Å². The normalized spacial score (nSPS) is 15.6. The van der Waals surface area contributed by atoms with E-state index >= 15 is 0 Å². The van der Waals surface area contributed by atoms with Gasteiger partial charge < -0.3 is 5.32 Å². The average molecular weight is 234 g/mol. The van der Waals surface area contributed by atoms with Crippen molar-refractivity contribution in [2.24, 2.45) is 4.99 Å². The van der Waals surface area contributed by atoms with Gasteiger partial charge in [0.05, 0.1) is 5.84 Å². The molecule has 0 unspecified atom stereocenters. The first-order chi connectivity index (χ1) is 8.16. The highest BCUT2D eigenvalue weighted by Gasteiger charge is 2.07. The highest BCUT2D eigenvalue weighted by molar-refractivity contribution is 5.82. The topological polar surface area (TPSA) is 24.4 Å². The smallest absolute Gasteiger partial charge is 0.129 e. The lowest BCUT2D eigenvalue weighted by Gasteiger charge is -2.14. The summed E-state index contributed by atoms with van der Waals surface area (Å²) in [7, 11) is 0. The number of nitrogens with one attached hydrogen (secondary N) is 1. The first kappa shape index (κ1) is 12.1. The monoisotopic (exact) mass is 234 g/mol. The van der Waals surface area contributed by atoms with E-state index in [2.05, 4.69) is 10.3 Å². The van der Waals surface area contributed by atoms with Crippen LogP contribution in [0, 0.1) is 19.7 Å². The molecule has 0 saturated heterocycles. The zero-order valence-corrected chi connectivity index (χ0v) is 10.5. The van der Waals surface area contributed by atoms with Crippen molar-refractivity contribution < 1.29 is 4.39 Å². The molecule has 1 aromatic rings. The molecule has 0 amide bonds. The summed E-state index contributed by atoms with van der Waals surface area (Å²) in [5, 5.41) is 3.34. The Labute approximate surface area is 102 Å². The van der Waals surface area contributed by atoms with Crippen LogP contribution < -0.4 is 5.32 Å². The third-order valence-electron chi connectivity index (χ3n) is 3.12. The summed E-state index contributed by atoms with van der Waals surface area (Å²) in [4.78, 5) is 4.44. The van der Waals surface area contributed by atoms with Gasteiger partial charge in [-0.3, -0.25) is 4.99 Å². The Kier molecular flexibility index (Phi) is 3.77. The summed E-state index contributed by atoms with van der Waals surface area (Å²) in [5.41, 5.74) is 2.55. The Morgan fingerprint density at radius 2 is 1.94 bits per heavy atom. The van der Waals surface area contributed by atoms with Crippen LogP contribution in [-0.4, -0.2) is 12.4 Å². The fourth-order valence-corrected chi connectivity index (χ4v) is 2.18. The molecule has 2 nitrogen and oxygen atoms in total. The van der Waals surface area contributed by atoms with Crippen LogP contribution in [0.5, 0.6) is 0 Å². The predicted molar refractivity (Wildman–Crippen MR) is 68.9 cm³/mol. The van der Waals surface area contributed by atoms with Crippen LogP contribution in [0.1, 0.15) is 36.0 Å². The van der Waals surface area contributed by atoms with Crippen LogP contribution in [-0.2, 0) is 6.54 Å². The quantitative estimate of drug-likeness (QED) is 0.835. The standard InChI is InChI=1S/C14H19FN2/c1-10-7-12(8-11(2)14(10)15)9-17-13-5-3-4-6-16-13/h7-8H,3-6,9H2,1-2H3,(H,16,17). The van der Waals surface area contributed by atoms with Crippen LogP contribution in [0.4, 0.5) is 4.39 Å². The van der Waals surface area contributed by atoms with Crippen molar-refractivity contribution in [2.45, 2.75) is 39.7 Å². The Morgan fingerprint density at radius 1 is 1.24 bits per heavy atom. The summed E-state index contributed by atoms with van der Waals surface area (Å²) >= 11 is 0. The van der Waals surface area contributed by atoms with Crippen LogP contribution in [0.2, 0.25) is 0 Å². The summed E-state index contributed by atoms with van der Waals surface area (Å²) in [6, 6.07) is 3.80. The third-order valence-corrected chi connectivity index (χ3v) is 3.12. The number of hydrogen-bond acceptors (Lipinski definition) is 2. The van der Waals surface area contributed by atoms with Crippen LogP contribution in [0.15, 0.2) is 17.1 Å². The van der Waals surface area contributed by atoms with Gasteiger partial charge in [0.15, 0.2) is 0 Å². The van der Waals surface area contributed by atoms with Crippen molar-refractivity contribution in [3.8, 4) is 0 Å². The number of benzene rings is 1. The average Bonchev–Trinajstić information content (AvgIpc) is 2.34. The van der Waals surface area contributed by atoms with E-state index in [1.54, 1.807) is 0 Å². The zero-order valence-electron chi connectivity index (χ0n) is 10.5. The molecule has 1 aliphatic rings. The second-order valence-electron chi connectivity index (χ2n) is 4.68. The minimum absolute atomic E-state index is 0.0937. The molecule has 0 spiro atoms. The maximum atomic E-state index is 13.5. The fourth-order valence-electron chi connectivity index (χ4n) is 2.18. The van der Waals surface area contributed by atoms with Gasteiger partial charge in [-0.25, -0.2) is 4.39 Å². The first-order valence-corrected chi connectivity index (χ1v) is 6.19. The second kappa shape index (κ2) is 5.30. The third kappa shape index (κ3) is 3.05. The fraction of sp³-hybridized carbons (Fsp3) is 0.500. The van der Waals surface area contributed by atoms with Crippen molar-refractivity contribution in [2.75, 3.05) is 6.54 Å². The van der Waals surface area contributed by atoms with Gasteiger partial charge in [-0.15, -0.1) is 0 Å². The molecule has 1 N–H and O–H groups in total. The predicted octanol–water partition coefficient (Wildman–Crippen LogP) is 3.11. The van der Waals surface area contributed by atoms with Gasteiger partial charge in [0.25, 0.3) is 0 Å². The van der Waals surface area contributed by atoms with Gasteiger partial charge in [0, 0.05) is 19.5 Å². The number of halogens is 1. The summed E-state index contributed by atoms with van der Waals surface area (Å²) in [6.45, 7) is 5.29. The Morgan fingerprint density at radius 3 is 2.53 bits per heavy atom. The minimum Gasteiger partial charge on any atom is -0.370 e. The Balaban J connectivity index is 2.01. The molecule has 92 valence electrons. The molecule has 0 bridgehead atoms. The number of rotatable bonds is 2. The molecular formula is C14H19FN2. The van der Waals surface area contributed by atoms with Crippen molar-refractivity contribution in [1.29, 1.82) is 0 Å². The van der Waals surface area contributed by atoms with E-state index in [4.69, 9.17) is 0 Å². The SMILES string of the molecule is Cc1cc(CNC2=NCCCC2)cc(C)c1F. The summed E-state index contributed by atoms with van der Waals surface area (Å²) < 4.78 is 13.5. The van der Waals surface area contributed by atoms with E-state index in [1.807, 2.05) is 26.0 Å². The molecule has 0 saturated carbocycles. The number of nitrogens with zero attached hydrogens (tertiary/aromatic N) is 1. The van der Waals surface area contributed by atoms with Gasteiger partial charge in [-0.1, -0.05) is 12.1 Å². The molecule has 3 heteroatoms. The molecule has 2 rings (SSSR count). The molecule has 0 fully saturated rings. The number of aryl methyl sites for hydroxylation is 2. The van der Waals surface area contributed by atoms with Gasteiger partial charge in [-0.2, -0.15) is 0 Å². The lowest BCUT2D eigenvalue weighted by Crippen LogP contribution is -2.25. The van der Waals surface area contributed by atoms with E-state index in [-0.39, 0.29) is 5.82 Å². The van der Waals surface area contributed by atoms with Crippen LogP contribution in [0.3, 0.4) is 0 Å². The lowest BCUT2D eigenvalue weighted by molar-refractivity contribution is 0.607. The van der Waals surface area contributed by atoms with E-state index in [0.29, 0.717) is 11.1 Å². The molecular weight excluding hydrogens is 215 g/mol.